The minimum Gasteiger partial charge on any atom is -0.477 e. The van der Waals surface area contributed by atoms with Crippen molar-refractivity contribution >= 4 is 11.9 Å². The van der Waals surface area contributed by atoms with Crippen molar-refractivity contribution in [2.75, 3.05) is 25.1 Å². The fourth-order valence-electron chi connectivity index (χ4n) is 1.72. The summed E-state index contributed by atoms with van der Waals surface area (Å²) in [5, 5.41) is 8.82. The molecule has 1 saturated heterocycles. The molecule has 6 nitrogen and oxygen atoms in total. The number of aromatic carboxylic acids is 1. The van der Waals surface area contributed by atoms with E-state index in [1.807, 2.05) is 4.90 Å². The van der Waals surface area contributed by atoms with E-state index >= 15 is 0 Å². The summed E-state index contributed by atoms with van der Waals surface area (Å²) in [6.45, 7) is 1.50. The normalized spacial score (nSPS) is 20.1. The molecule has 1 unspecified atom stereocenters. The SMILES string of the molecule is COC1CCN(c2nccc(C(=O)O)n2)C1. The van der Waals surface area contributed by atoms with Crippen LogP contribution in [0.25, 0.3) is 0 Å². The summed E-state index contributed by atoms with van der Waals surface area (Å²) in [4.78, 5) is 20.7. The van der Waals surface area contributed by atoms with Gasteiger partial charge in [-0.1, -0.05) is 0 Å². The molecule has 2 heterocycles. The van der Waals surface area contributed by atoms with Gasteiger partial charge in [-0.15, -0.1) is 0 Å². The van der Waals surface area contributed by atoms with E-state index in [-0.39, 0.29) is 11.8 Å². The van der Waals surface area contributed by atoms with Gasteiger partial charge in [0.1, 0.15) is 0 Å². The second-order valence-corrected chi connectivity index (χ2v) is 3.64. The molecule has 0 amide bonds. The lowest BCUT2D eigenvalue weighted by Gasteiger charge is -2.15. The fraction of sp³-hybridized carbons (Fsp3) is 0.500. The van der Waals surface area contributed by atoms with Crippen molar-refractivity contribution in [3.05, 3.63) is 18.0 Å². The van der Waals surface area contributed by atoms with Crippen molar-refractivity contribution in [3.8, 4) is 0 Å². The molecule has 1 atom stereocenters. The number of aromatic nitrogens is 2. The first-order chi connectivity index (χ1) is 7.70. The Balaban J connectivity index is 2.15. The smallest absolute Gasteiger partial charge is 0.354 e. The van der Waals surface area contributed by atoms with Crippen LogP contribution in [0.15, 0.2) is 12.3 Å². The zero-order chi connectivity index (χ0) is 11.5. The van der Waals surface area contributed by atoms with E-state index in [9.17, 15) is 4.79 Å². The third-order valence-corrected chi connectivity index (χ3v) is 2.62. The number of anilines is 1. The fourth-order valence-corrected chi connectivity index (χ4v) is 1.72. The van der Waals surface area contributed by atoms with Gasteiger partial charge in [-0.05, 0) is 12.5 Å². The van der Waals surface area contributed by atoms with Crippen LogP contribution >= 0.6 is 0 Å². The topological polar surface area (TPSA) is 75.5 Å². The molecule has 1 fully saturated rings. The first-order valence-corrected chi connectivity index (χ1v) is 5.05. The third-order valence-electron chi connectivity index (χ3n) is 2.62. The monoisotopic (exact) mass is 223 g/mol. The second kappa shape index (κ2) is 4.44. The van der Waals surface area contributed by atoms with Gasteiger partial charge >= 0.3 is 5.97 Å². The zero-order valence-corrected chi connectivity index (χ0v) is 8.96. The Labute approximate surface area is 92.9 Å². The van der Waals surface area contributed by atoms with Gasteiger partial charge in [0.25, 0.3) is 0 Å². The van der Waals surface area contributed by atoms with E-state index in [1.54, 1.807) is 7.11 Å². The van der Waals surface area contributed by atoms with Crippen LogP contribution in [0.5, 0.6) is 0 Å². The van der Waals surface area contributed by atoms with Gasteiger partial charge in [0.05, 0.1) is 6.10 Å². The lowest BCUT2D eigenvalue weighted by atomic mass is 10.3. The maximum atomic E-state index is 10.8. The molecule has 1 aliphatic rings. The summed E-state index contributed by atoms with van der Waals surface area (Å²) in [6, 6.07) is 1.38. The summed E-state index contributed by atoms with van der Waals surface area (Å²) >= 11 is 0. The molecule has 0 radical (unpaired) electrons. The first kappa shape index (κ1) is 10.8. The van der Waals surface area contributed by atoms with Gasteiger partial charge in [0.15, 0.2) is 5.69 Å². The molecule has 6 heteroatoms. The Kier molecular flexibility index (Phi) is 3.00. The van der Waals surface area contributed by atoms with Crippen molar-refractivity contribution in [1.29, 1.82) is 0 Å². The van der Waals surface area contributed by atoms with Crippen LogP contribution in [0.2, 0.25) is 0 Å². The van der Waals surface area contributed by atoms with Crippen LogP contribution in [0.4, 0.5) is 5.95 Å². The number of hydrogen-bond donors (Lipinski definition) is 1. The standard InChI is InChI=1S/C10H13N3O3/c1-16-7-3-5-13(6-7)10-11-4-2-8(12-10)9(14)15/h2,4,7H,3,5-6H2,1H3,(H,14,15). The van der Waals surface area contributed by atoms with Gasteiger partial charge in [0.2, 0.25) is 5.95 Å². The van der Waals surface area contributed by atoms with E-state index in [0.717, 1.165) is 13.0 Å². The number of hydrogen-bond acceptors (Lipinski definition) is 5. The molecule has 1 N–H and O–H groups in total. The maximum Gasteiger partial charge on any atom is 0.354 e. The highest BCUT2D eigenvalue weighted by Crippen LogP contribution is 2.17. The van der Waals surface area contributed by atoms with Crippen LogP contribution < -0.4 is 4.90 Å². The van der Waals surface area contributed by atoms with Crippen LogP contribution in [0.1, 0.15) is 16.9 Å². The summed E-state index contributed by atoms with van der Waals surface area (Å²) in [6.07, 6.45) is 2.56. The summed E-state index contributed by atoms with van der Waals surface area (Å²) in [5.41, 5.74) is 0.0193. The highest BCUT2D eigenvalue weighted by Gasteiger charge is 2.24. The Morgan fingerprint density at radius 3 is 3.12 bits per heavy atom. The lowest BCUT2D eigenvalue weighted by Crippen LogP contribution is -2.24. The Morgan fingerprint density at radius 1 is 1.69 bits per heavy atom. The number of ether oxygens (including phenoxy) is 1. The molecule has 86 valence electrons. The van der Waals surface area contributed by atoms with Crippen molar-refractivity contribution in [1.82, 2.24) is 9.97 Å². The van der Waals surface area contributed by atoms with Crippen LogP contribution in [-0.4, -0.2) is 47.3 Å². The maximum absolute atomic E-state index is 10.8. The molecule has 1 aromatic heterocycles. The quantitative estimate of drug-likeness (QED) is 0.799. The van der Waals surface area contributed by atoms with E-state index in [4.69, 9.17) is 9.84 Å². The number of carboxylic acids is 1. The van der Waals surface area contributed by atoms with Gasteiger partial charge in [-0.3, -0.25) is 0 Å². The average Bonchev–Trinajstić information content (AvgIpc) is 2.77. The number of rotatable bonds is 3. The summed E-state index contributed by atoms with van der Waals surface area (Å²) < 4.78 is 5.23. The van der Waals surface area contributed by atoms with Gasteiger partial charge in [-0.2, -0.15) is 0 Å². The molecule has 1 aliphatic heterocycles. The molecule has 0 saturated carbocycles. The van der Waals surface area contributed by atoms with Crippen LogP contribution in [0.3, 0.4) is 0 Å². The lowest BCUT2D eigenvalue weighted by molar-refractivity contribution is 0.0690. The van der Waals surface area contributed by atoms with E-state index < -0.39 is 5.97 Å². The Morgan fingerprint density at radius 2 is 2.50 bits per heavy atom. The average molecular weight is 223 g/mol. The molecule has 0 spiro atoms. The van der Waals surface area contributed by atoms with Gasteiger partial charge in [-0.25, -0.2) is 14.8 Å². The molecule has 2 rings (SSSR count). The Hall–Kier alpha value is -1.69. The third kappa shape index (κ3) is 2.11. The number of methoxy groups -OCH3 is 1. The molecular weight excluding hydrogens is 210 g/mol. The number of nitrogens with zero attached hydrogens (tertiary/aromatic N) is 3. The molecule has 1 aromatic rings. The van der Waals surface area contributed by atoms with Crippen LogP contribution in [0, 0.1) is 0 Å². The minimum atomic E-state index is -1.04. The molecular formula is C10H13N3O3. The van der Waals surface area contributed by atoms with E-state index in [0.29, 0.717) is 12.5 Å². The largest absolute Gasteiger partial charge is 0.477 e. The predicted molar refractivity (Wildman–Crippen MR) is 56.6 cm³/mol. The molecule has 0 aromatic carbocycles. The van der Waals surface area contributed by atoms with Crippen molar-refractivity contribution < 1.29 is 14.6 Å². The summed E-state index contributed by atoms with van der Waals surface area (Å²) in [5.74, 6) is -0.578. The second-order valence-electron chi connectivity index (χ2n) is 3.64. The van der Waals surface area contributed by atoms with Crippen molar-refractivity contribution in [2.24, 2.45) is 0 Å². The van der Waals surface area contributed by atoms with Crippen molar-refractivity contribution in [2.45, 2.75) is 12.5 Å². The summed E-state index contributed by atoms with van der Waals surface area (Å²) in [7, 11) is 1.67. The Bertz CT molecular complexity index is 397. The highest BCUT2D eigenvalue weighted by molar-refractivity contribution is 5.85. The van der Waals surface area contributed by atoms with E-state index in [1.165, 1.54) is 12.3 Å². The number of carboxylic acid groups (broad SMARTS) is 1. The van der Waals surface area contributed by atoms with Crippen LogP contribution in [-0.2, 0) is 4.74 Å². The predicted octanol–water partition coefficient (Wildman–Crippen LogP) is 0.400. The van der Waals surface area contributed by atoms with E-state index in [2.05, 4.69) is 9.97 Å². The molecule has 0 aliphatic carbocycles. The van der Waals surface area contributed by atoms with Gasteiger partial charge < -0.3 is 14.7 Å². The first-order valence-electron chi connectivity index (χ1n) is 5.05. The molecule has 16 heavy (non-hydrogen) atoms. The zero-order valence-electron chi connectivity index (χ0n) is 8.96. The minimum absolute atomic E-state index is 0.0193. The molecule has 0 bridgehead atoms. The van der Waals surface area contributed by atoms with Gasteiger partial charge in [0, 0.05) is 26.4 Å². The highest BCUT2D eigenvalue weighted by atomic mass is 16.5. The number of carbonyl (C=O) groups is 1. The van der Waals surface area contributed by atoms with Crippen molar-refractivity contribution in [3.63, 3.8) is 0 Å².